The first kappa shape index (κ1) is 18.7. The highest BCUT2D eigenvalue weighted by atomic mass is 32.1. The molecule has 132 valence electrons. The summed E-state index contributed by atoms with van der Waals surface area (Å²) in [6.45, 7) is 2.52. The predicted octanol–water partition coefficient (Wildman–Crippen LogP) is 1.31. The average molecular weight is 362 g/mol. The van der Waals surface area contributed by atoms with Gasteiger partial charge in [-0.15, -0.1) is 10.5 Å². The molecule has 5 nitrogen and oxygen atoms in total. The van der Waals surface area contributed by atoms with Gasteiger partial charge in [0.15, 0.2) is 17.7 Å². The van der Waals surface area contributed by atoms with E-state index in [2.05, 4.69) is 15.8 Å². The van der Waals surface area contributed by atoms with E-state index in [1.54, 1.807) is 37.5 Å². The molecule has 0 fully saturated rings. The summed E-state index contributed by atoms with van der Waals surface area (Å²) < 4.78 is 25.0. The van der Waals surface area contributed by atoms with E-state index in [0.29, 0.717) is 28.8 Å². The molecule has 25 heavy (non-hydrogen) atoms. The molecule has 2 aromatic carbocycles. The van der Waals surface area contributed by atoms with Crippen molar-refractivity contribution in [2.24, 2.45) is 0 Å². The van der Waals surface area contributed by atoms with Crippen LogP contribution in [0.1, 0.15) is 18.1 Å². The molecular formula is C18H21FN3O2S+. The van der Waals surface area contributed by atoms with E-state index in [0.717, 1.165) is 5.56 Å². The second-order valence-electron chi connectivity index (χ2n) is 5.01. The van der Waals surface area contributed by atoms with Crippen LogP contribution in [-0.4, -0.2) is 25.0 Å². The zero-order chi connectivity index (χ0) is 18.1. The number of ether oxygens (including phenoxy) is 2. The van der Waals surface area contributed by atoms with Crippen molar-refractivity contribution in [2.75, 3.05) is 13.7 Å². The fourth-order valence-electron chi connectivity index (χ4n) is 2.02. The molecule has 0 aliphatic rings. The Bertz CT molecular complexity index is 753. The molecule has 2 aromatic rings. The highest BCUT2D eigenvalue weighted by Crippen LogP contribution is 2.28. The number of hydrazone groups is 1. The van der Waals surface area contributed by atoms with E-state index in [-0.39, 0.29) is 12.4 Å². The monoisotopic (exact) mass is 362 g/mol. The van der Waals surface area contributed by atoms with Crippen LogP contribution in [0.25, 0.3) is 0 Å². The van der Waals surface area contributed by atoms with Crippen molar-refractivity contribution in [3.8, 4) is 11.5 Å². The van der Waals surface area contributed by atoms with E-state index >= 15 is 0 Å². The predicted molar refractivity (Wildman–Crippen MR) is 99.3 cm³/mol. The molecule has 0 heterocycles. The van der Waals surface area contributed by atoms with Crippen LogP contribution in [0.3, 0.4) is 0 Å². The molecule has 0 aliphatic heterocycles. The van der Waals surface area contributed by atoms with E-state index in [1.165, 1.54) is 6.07 Å². The lowest BCUT2D eigenvalue weighted by Gasteiger charge is -2.12. The van der Waals surface area contributed by atoms with E-state index < -0.39 is 0 Å². The molecule has 0 saturated heterocycles. The smallest absolute Gasteiger partial charge is 0.223 e. The summed E-state index contributed by atoms with van der Waals surface area (Å²) in [5, 5.41) is 6.15. The highest BCUT2D eigenvalue weighted by molar-refractivity contribution is 7.80. The molecule has 3 N–H and O–H groups in total. The van der Waals surface area contributed by atoms with Crippen LogP contribution in [0, 0.1) is 5.82 Å². The van der Waals surface area contributed by atoms with Crippen molar-refractivity contribution in [1.82, 2.24) is 10.7 Å². The number of hydrogen-bond acceptors (Lipinski definition) is 3. The third kappa shape index (κ3) is 5.72. The molecule has 0 bridgehead atoms. The van der Waals surface area contributed by atoms with Gasteiger partial charge in [-0.1, -0.05) is 18.2 Å². The number of hydrogen-bond donors (Lipinski definition) is 3. The molecule has 2 rings (SSSR count). The number of hydrazine groups is 1. The third-order valence-electron chi connectivity index (χ3n) is 3.26. The van der Waals surface area contributed by atoms with Gasteiger partial charge in [0.25, 0.3) is 0 Å². The Balaban J connectivity index is 2.10. The minimum Gasteiger partial charge on any atom is -0.490 e. The molecule has 0 radical (unpaired) electrons. The maximum Gasteiger partial charge on any atom is 0.223 e. The minimum absolute atomic E-state index is 0.131. The molecule has 0 unspecified atom stereocenters. The summed E-state index contributed by atoms with van der Waals surface area (Å²) in [5.41, 5.74) is 4.16. The van der Waals surface area contributed by atoms with Crippen molar-refractivity contribution < 1.29 is 19.0 Å². The first-order chi connectivity index (χ1) is 12.1. The lowest BCUT2D eigenvalue weighted by atomic mass is 10.2. The molecule has 7 heteroatoms. The van der Waals surface area contributed by atoms with Crippen LogP contribution in [0.15, 0.2) is 42.5 Å². The number of halogens is 1. The lowest BCUT2D eigenvalue weighted by molar-refractivity contribution is -0.500. The van der Waals surface area contributed by atoms with Crippen molar-refractivity contribution in [3.63, 3.8) is 0 Å². The summed E-state index contributed by atoms with van der Waals surface area (Å²) in [7, 11) is 1.73. The first-order valence-corrected chi connectivity index (χ1v) is 8.24. The maximum absolute atomic E-state index is 13.7. The van der Waals surface area contributed by atoms with E-state index in [9.17, 15) is 4.39 Å². The standard InChI is InChI=1S/C18H20FN3O2S/c1-3-23-17-10-13(11-21-22-18(25)20-2)8-9-16(17)24-12-14-6-4-5-7-15(14)19/h4-11H,3,12H2,1-2H3,(H2,20,22,25)/p+1. The quantitative estimate of drug-likeness (QED) is 0.394. The molecule has 0 atom stereocenters. The summed E-state index contributed by atoms with van der Waals surface area (Å²) in [5.74, 6) is 0.854. The van der Waals surface area contributed by atoms with Gasteiger partial charge in [0.2, 0.25) is 5.11 Å². The van der Waals surface area contributed by atoms with Crippen molar-refractivity contribution >= 4 is 23.5 Å². The van der Waals surface area contributed by atoms with Gasteiger partial charge in [-0.2, -0.15) is 0 Å². The van der Waals surface area contributed by atoms with Crippen LogP contribution >= 0.6 is 12.2 Å². The van der Waals surface area contributed by atoms with Crippen molar-refractivity contribution in [2.45, 2.75) is 13.5 Å². The molecule has 0 aliphatic carbocycles. The summed E-state index contributed by atoms with van der Waals surface area (Å²) in [6, 6.07) is 12.0. The van der Waals surface area contributed by atoms with Crippen LogP contribution in [0.5, 0.6) is 11.5 Å². The largest absolute Gasteiger partial charge is 0.490 e. The minimum atomic E-state index is -0.291. The Kier molecular flexibility index (Phi) is 7.16. The van der Waals surface area contributed by atoms with Gasteiger partial charge in [0.1, 0.15) is 12.4 Å². The molecule has 0 spiro atoms. The van der Waals surface area contributed by atoms with Gasteiger partial charge in [0.05, 0.1) is 6.61 Å². The van der Waals surface area contributed by atoms with Crippen LogP contribution in [-0.2, 0) is 6.61 Å². The topological polar surface area (TPSA) is 56.5 Å². The Morgan fingerprint density at radius 1 is 1.20 bits per heavy atom. The average Bonchev–Trinajstić information content (AvgIpc) is 2.62. The fraction of sp³-hybridized carbons (Fsp3) is 0.222. The van der Waals surface area contributed by atoms with Crippen LogP contribution in [0.4, 0.5) is 4.39 Å². The van der Waals surface area contributed by atoms with E-state index in [1.807, 2.05) is 19.1 Å². The van der Waals surface area contributed by atoms with Gasteiger partial charge in [-0.05, 0) is 43.4 Å². The van der Waals surface area contributed by atoms with Crippen molar-refractivity contribution in [1.29, 1.82) is 0 Å². The summed E-state index contributed by atoms with van der Waals surface area (Å²) >= 11 is 4.97. The van der Waals surface area contributed by atoms with E-state index in [4.69, 9.17) is 21.7 Å². The Labute approximate surface area is 151 Å². The zero-order valence-electron chi connectivity index (χ0n) is 14.1. The van der Waals surface area contributed by atoms with Gasteiger partial charge < -0.3 is 14.8 Å². The maximum atomic E-state index is 13.7. The molecule has 0 amide bonds. The number of nitrogens with one attached hydrogen (secondary N) is 3. The molecule has 0 saturated carbocycles. The number of rotatable bonds is 7. The fourth-order valence-corrected chi connectivity index (χ4v) is 2.08. The normalized spacial score (nSPS) is 10.5. The van der Waals surface area contributed by atoms with Gasteiger partial charge in [-0.3, -0.25) is 0 Å². The SMILES string of the molecule is CCOc1cc(C=[NH+]NC(=S)NC)ccc1OCc1ccccc1F. The Morgan fingerprint density at radius 2 is 2.00 bits per heavy atom. The third-order valence-corrected chi connectivity index (χ3v) is 3.57. The summed E-state index contributed by atoms with van der Waals surface area (Å²) in [4.78, 5) is 0. The zero-order valence-corrected chi connectivity index (χ0v) is 15.0. The Hall–Kier alpha value is -2.67. The lowest BCUT2D eigenvalue weighted by Crippen LogP contribution is -2.82. The van der Waals surface area contributed by atoms with Crippen molar-refractivity contribution in [3.05, 3.63) is 59.4 Å². The number of benzene rings is 2. The van der Waals surface area contributed by atoms with Gasteiger partial charge in [-0.25, -0.2) is 4.39 Å². The number of thiocarbonyl (C=S) groups is 1. The summed E-state index contributed by atoms with van der Waals surface area (Å²) in [6.07, 6.45) is 1.74. The van der Waals surface area contributed by atoms with Gasteiger partial charge in [0, 0.05) is 18.2 Å². The van der Waals surface area contributed by atoms with Gasteiger partial charge >= 0.3 is 0 Å². The highest BCUT2D eigenvalue weighted by Gasteiger charge is 2.09. The molecular weight excluding hydrogens is 341 g/mol. The Morgan fingerprint density at radius 3 is 2.72 bits per heavy atom. The van der Waals surface area contributed by atoms with Crippen LogP contribution in [0.2, 0.25) is 0 Å². The second-order valence-corrected chi connectivity index (χ2v) is 5.42. The first-order valence-electron chi connectivity index (χ1n) is 7.83. The molecule has 0 aromatic heterocycles. The van der Waals surface area contributed by atoms with Crippen LogP contribution < -0.4 is 25.3 Å². The second kappa shape index (κ2) is 9.58.